The van der Waals surface area contributed by atoms with Crippen LogP contribution in [0.1, 0.15) is 5.69 Å². The summed E-state index contributed by atoms with van der Waals surface area (Å²) in [6, 6.07) is 0. The van der Waals surface area contributed by atoms with E-state index in [0.717, 1.165) is 0 Å². The minimum Gasteiger partial charge on any atom is -0.388 e. The Balaban J connectivity index is 2.35. The Morgan fingerprint density at radius 3 is 2.60 bits per heavy atom. The highest BCUT2D eigenvalue weighted by Crippen LogP contribution is 2.08. The normalized spacial score (nSPS) is 10.2. The van der Waals surface area contributed by atoms with Crippen LogP contribution in [0.25, 0.3) is 5.82 Å². The lowest BCUT2D eigenvalue weighted by atomic mass is 10.4. The lowest BCUT2D eigenvalue weighted by Crippen LogP contribution is -2.12. The van der Waals surface area contributed by atoms with Gasteiger partial charge in [0.05, 0.1) is 29.8 Å². The molecule has 2 N–H and O–H groups in total. The number of nitrogens with zero attached hydrogens (tertiary/aromatic N) is 4. The van der Waals surface area contributed by atoms with E-state index < -0.39 is 0 Å². The Morgan fingerprint density at radius 2 is 2.13 bits per heavy atom. The van der Waals surface area contributed by atoms with Crippen molar-refractivity contribution in [2.24, 2.45) is 5.73 Å². The molecule has 0 radical (unpaired) electrons. The molecule has 2 heterocycles. The van der Waals surface area contributed by atoms with E-state index in [4.69, 9.17) is 29.6 Å². The molecule has 0 aliphatic heterocycles. The molecule has 5 nitrogen and oxygen atoms in total. The number of halogens is 1. The van der Waals surface area contributed by atoms with Crippen LogP contribution >= 0.6 is 23.8 Å². The van der Waals surface area contributed by atoms with Crippen molar-refractivity contribution < 1.29 is 0 Å². The van der Waals surface area contributed by atoms with Gasteiger partial charge in [0.15, 0.2) is 5.82 Å². The molecule has 76 valence electrons. The topological polar surface area (TPSA) is 69.6 Å². The van der Waals surface area contributed by atoms with Gasteiger partial charge in [0, 0.05) is 0 Å². The third kappa shape index (κ3) is 2.11. The van der Waals surface area contributed by atoms with Crippen molar-refractivity contribution in [3.8, 4) is 5.82 Å². The number of rotatable bonds is 2. The first-order chi connectivity index (χ1) is 7.16. The average Bonchev–Trinajstić information content (AvgIpc) is 2.65. The maximum absolute atomic E-state index is 5.72. The molecule has 0 spiro atoms. The Morgan fingerprint density at radius 1 is 1.33 bits per heavy atom. The lowest BCUT2D eigenvalue weighted by molar-refractivity contribution is 0.837. The fourth-order valence-corrected chi connectivity index (χ4v) is 1.23. The zero-order valence-electron chi connectivity index (χ0n) is 7.46. The Labute approximate surface area is 95.9 Å². The Bertz CT molecular complexity index is 492. The predicted molar refractivity (Wildman–Crippen MR) is 60.1 cm³/mol. The van der Waals surface area contributed by atoms with Crippen molar-refractivity contribution in [3.63, 3.8) is 0 Å². The molecule has 0 fully saturated rings. The second kappa shape index (κ2) is 3.92. The smallest absolute Gasteiger partial charge is 0.171 e. The van der Waals surface area contributed by atoms with E-state index in [1.807, 2.05) is 0 Å². The van der Waals surface area contributed by atoms with Crippen molar-refractivity contribution in [1.29, 1.82) is 0 Å². The van der Waals surface area contributed by atoms with E-state index in [9.17, 15) is 0 Å². The van der Waals surface area contributed by atoms with E-state index in [-0.39, 0.29) is 4.99 Å². The zero-order chi connectivity index (χ0) is 10.8. The van der Waals surface area contributed by atoms with Crippen LogP contribution in [0.15, 0.2) is 24.8 Å². The third-order valence-corrected chi connectivity index (χ3v) is 2.08. The molecule has 2 rings (SSSR count). The number of thiocarbonyl (C=S) groups is 1. The summed E-state index contributed by atoms with van der Waals surface area (Å²) in [6.45, 7) is 0. The van der Waals surface area contributed by atoms with E-state index >= 15 is 0 Å². The first-order valence-electron chi connectivity index (χ1n) is 3.99. The van der Waals surface area contributed by atoms with Crippen LogP contribution in [-0.4, -0.2) is 24.7 Å². The molecular formula is C8H6ClN5S. The molecule has 0 atom stereocenters. The zero-order valence-corrected chi connectivity index (χ0v) is 9.03. The molecule has 0 unspecified atom stereocenters. The highest BCUT2D eigenvalue weighted by molar-refractivity contribution is 7.80. The molecule has 7 heteroatoms. The SMILES string of the molecule is NC(=S)c1cnc(-n2cc(Cl)cn2)cn1. The van der Waals surface area contributed by atoms with Gasteiger partial charge in [-0.2, -0.15) is 5.10 Å². The monoisotopic (exact) mass is 239 g/mol. The van der Waals surface area contributed by atoms with Gasteiger partial charge in [-0.05, 0) is 0 Å². The summed E-state index contributed by atoms with van der Waals surface area (Å²) in [5.41, 5.74) is 5.87. The van der Waals surface area contributed by atoms with Gasteiger partial charge in [-0.3, -0.25) is 0 Å². The van der Waals surface area contributed by atoms with Gasteiger partial charge in [-0.15, -0.1) is 0 Å². The summed E-state index contributed by atoms with van der Waals surface area (Å²) in [7, 11) is 0. The second-order valence-corrected chi connectivity index (χ2v) is 3.60. The predicted octanol–water partition coefficient (Wildman–Crippen LogP) is 0.950. The molecule has 0 bridgehead atoms. The van der Waals surface area contributed by atoms with Gasteiger partial charge in [-0.1, -0.05) is 23.8 Å². The molecule has 0 saturated heterocycles. The molecule has 0 saturated carbocycles. The fourth-order valence-electron chi connectivity index (χ4n) is 0.993. The van der Waals surface area contributed by atoms with Gasteiger partial charge >= 0.3 is 0 Å². The lowest BCUT2D eigenvalue weighted by Gasteiger charge is -2.00. The third-order valence-electron chi connectivity index (χ3n) is 1.68. The van der Waals surface area contributed by atoms with Crippen LogP contribution in [-0.2, 0) is 0 Å². The maximum atomic E-state index is 5.72. The minimum atomic E-state index is 0.215. The highest BCUT2D eigenvalue weighted by Gasteiger charge is 2.02. The van der Waals surface area contributed by atoms with Crippen molar-refractivity contribution in [1.82, 2.24) is 19.7 Å². The van der Waals surface area contributed by atoms with Gasteiger partial charge in [-0.25, -0.2) is 14.6 Å². The Hall–Kier alpha value is -1.53. The maximum Gasteiger partial charge on any atom is 0.171 e. The average molecular weight is 240 g/mol. The summed E-state index contributed by atoms with van der Waals surface area (Å²) in [5, 5.41) is 4.52. The summed E-state index contributed by atoms with van der Waals surface area (Å²) in [5.74, 6) is 0.557. The number of aromatic nitrogens is 4. The van der Waals surface area contributed by atoms with Gasteiger partial charge in [0.2, 0.25) is 0 Å². The van der Waals surface area contributed by atoms with E-state index in [1.165, 1.54) is 23.3 Å². The quantitative estimate of drug-likeness (QED) is 0.791. The number of nitrogens with two attached hydrogens (primary N) is 1. The van der Waals surface area contributed by atoms with Crippen LogP contribution < -0.4 is 5.73 Å². The first kappa shape index (κ1) is 10.0. The molecule has 2 aromatic heterocycles. The van der Waals surface area contributed by atoms with Crippen molar-refractivity contribution in [2.45, 2.75) is 0 Å². The summed E-state index contributed by atoms with van der Waals surface area (Å²) in [4.78, 5) is 8.34. The summed E-state index contributed by atoms with van der Waals surface area (Å²) >= 11 is 10.5. The van der Waals surface area contributed by atoms with Gasteiger partial charge in [0.1, 0.15) is 10.7 Å². The van der Waals surface area contributed by atoms with E-state index in [1.54, 1.807) is 6.20 Å². The molecular weight excluding hydrogens is 234 g/mol. The van der Waals surface area contributed by atoms with Crippen LogP contribution in [0.4, 0.5) is 0 Å². The molecule has 0 aliphatic carbocycles. The standard InChI is InChI=1S/C8H6ClN5S/c9-5-1-13-14(4-5)7-3-11-6(2-12-7)8(10)15/h1-4H,(H2,10,15). The Kier molecular flexibility index (Phi) is 2.61. The molecule has 0 aromatic carbocycles. The summed E-state index contributed by atoms with van der Waals surface area (Å²) in [6.07, 6.45) is 6.17. The van der Waals surface area contributed by atoms with Crippen LogP contribution in [0.5, 0.6) is 0 Å². The van der Waals surface area contributed by atoms with Crippen molar-refractivity contribution in [2.75, 3.05) is 0 Å². The largest absolute Gasteiger partial charge is 0.388 e. The second-order valence-electron chi connectivity index (χ2n) is 2.73. The highest BCUT2D eigenvalue weighted by atomic mass is 35.5. The van der Waals surface area contributed by atoms with E-state index in [0.29, 0.717) is 16.5 Å². The van der Waals surface area contributed by atoms with Crippen LogP contribution in [0, 0.1) is 0 Å². The molecule has 2 aromatic rings. The van der Waals surface area contributed by atoms with Crippen molar-refractivity contribution in [3.05, 3.63) is 35.5 Å². The van der Waals surface area contributed by atoms with Gasteiger partial charge in [0.25, 0.3) is 0 Å². The first-order valence-corrected chi connectivity index (χ1v) is 4.78. The number of hydrogen-bond acceptors (Lipinski definition) is 4. The van der Waals surface area contributed by atoms with E-state index in [2.05, 4.69) is 15.1 Å². The van der Waals surface area contributed by atoms with Crippen molar-refractivity contribution >= 4 is 28.8 Å². The fraction of sp³-hybridized carbons (Fsp3) is 0. The molecule has 15 heavy (non-hydrogen) atoms. The van der Waals surface area contributed by atoms with Crippen LogP contribution in [0.3, 0.4) is 0 Å². The minimum absolute atomic E-state index is 0.215. The van der Waals surface area contributed by atoms with Gasteiger partial charge < -0.3 is 5.73 Å². The number of hydrogen-bond donors (Lipinski definition) is 1. The molecule has 0 aliphatic rings. The van der Waals surface area contributed by atoms with Crippen LogP contribution in [0.2, 0.25) is 5.02 Å². The summed E-state index contributed by atoms with van der Waals surface area (Å²) < 4.78 is 1.51. The molecule has 0 amide bonds.